The lowest BCUT2D eigenvalue weighted by atomic mass is 10.1. The fraction of sp³-hybridized carbons (Fsp3) is 0.364. The molecule has 2 nitrogen and oxygen atoms in total. The summed E-state index contributed by atoms with van der Waals surface area (Å²) in [6, 6.07) is 7.87. The highest BCUT2D eigenvalue weighted by Crippen LogP contribution is 2.19. The van der Waals surface area contributed by atoms with Gasteiger partial charge in [0.15, 0.2) is 0 Å². The van der Waals surface area contributed by atoms with Crippen LogP contribution in [-0.4, -0.2) is 7.11 Å². The Morgan fingerprint density at radius 3 is 2.77 bits per heavy atom. The molecule has 2 heteroatoms. The largest absolute Gasteiger partial charge is 0.495 e. The van der Waals surface area contributed by atoms with Gasteiger partial charge in [0.2, 0.25) is 0 Å². The zero-order valence-electron chi connectivity index (χ0n) is 8.00. The Labute approximate surface area is 78.8 Å². The average molecular weight is 175 g/mol. The lowest BCUT2D eigenvalue weighted by Crippen LogP contribution is -1.90. The molecule has 0 N–H and O–H groups in total. The number of benzene rings is 1. The van der Waals surface area contributed by atoms with E-state index in [-0.39, 0.29) is 0 Å². The predicted molar refractivity (Wildman–Crippen MR) is 51.7 cm³/mol. The minimum Gasteiger partial charge on any atom is -0.495 e. The molecule has 0 fully saturated rings. The molecule has 0 amide bonds. The van der Waals surface area contributed by atoms with Crippen molar-refractivity contribution in [3.63, 3.8) is 0 Å². The Morgan fingerprint density at radius 1 is 1.46 bits per heavy atom. The van der Waals surface area contributed by atoms with E-state index in [2.05, 4.69) is 13.0 Å². The highest BCUT2D eigenvalue weighted by atomic mass is 16.5. The van der Waals surface area contributed by atoms with E-state index in [9.17, 15) is 0 Å². The van der Waals surface area contributed by atoms with Crippen molar-refractivity contribution in [1.82, 2.24) is 0 Å². The van der Waals surface area contributed by atoms with Crippen LogP contribution in [0.15, 0.2) is 18.2 Å². The van der Waals surface area contributed by atoms with Gasteiger partial charge in [0, 0.05) is 0 Å². The third kappa shape index (κ3) is 2.22. The number of nitrogens with zero attached hydrogens (tertiary/aromatic N) is 1. The molecular formula is C11H13NO. The average Bonchev–Trinajstić information content (AvgIpc) is 2.18. The first kappa shape index (κ1) is 9.60. The third-order valence-electron chi connectivity index (χ3n) is 1.92. The number of rotatable bonds is 3. The van der Waals surface area contributed by atoms with Gasteiger partial charge in [-0.25, -0.2) is 0 Å². The van der Waals surface area contributed by atoms with Crippen molar-refractivity contribution in [1.29, 1.82) is 5.26 Å². The minimum absolute atomic E-state index is 0.619. The Bertz CT molecular complexity index is 325. The van der Waals surface area contributed by atoms with Crippen LogP contribution in [0.25, 0.3) is 0 Å². The van der Waals surface area contributed by atoms with Gasteiger partial charge in [0.05, 0.1) is 12.7 Å². The van der Waals surface area contributed by atoms with Crippen molar-refractivity contribution >= 4 is 0 Å². The van der Waals surface area contributed by atoms with Crippen molar-refractivity contribution in [2.75, 3.05) is 7.11 Å². The van der Waals surface area contributed by atoms with Gasteiger partial charge in [0.1, 0.15) is 11.8 Å². The highest BCUT2D eigenvalue weighted by molar-refractivity contribution is 5.45. The van der Waals surface area contributed by atoms with Gasteiger partial charge in [-0.1, -0.05) is 19.4 Å². The molecule has 0 saturated heterocycles. The van der Waals surface area contributed by atoms with Gasteiger partial charge in [-0.05, 0) is 24.1 Å². The molecule has 1 aromatic rings. The summed E-state index contributed by atoms with van der Waals surface area (Å²) >= 11 is 0. The lowest BCUT2D eigenvalue weighted by molar-refractivity contribution is 0.413. The van der Waals surface area contributed by atoms with Crippen LogP contribution in [0, 0.1) is 11.3 Å². The second kappa shape index (κ2) is 4.51. The van der Waals surface area contributed by atoms with E-state index in [1.807, 2.05) is 18.2 Å². The molecule has 0 atom stereocenters. The molecule has 0 aliphatic rings. The summed E-state index contributed by atoms with van der Waals surface area (Å²) in [5, 5.41) is 8.81. The molecule has 0 spiro atoms. The zero-order valence-corrected chi connectivity index (χ0v) is 8.00. The van der Waals surface area contributed by atoms with Gasteiger partial charge in [0.25, 0.3) is 0 Å². The van der Waals surface area contributed by atoms with E-state index in [1.165, 1.54) is 5.56 Å². The molecule has 1 aromatic carbocycles. The first-order chi connectivity index (χ1) is 6.31. The summed E-state index contributed by atoms with van der Waals surface area (Å²) in [4.78, 5) is 0. The van der Waals surface area contributed by atoms with Crippen LogP contribution in [0.3, 0.4) is 0 Å². The van der Waals surface area contributed by atoms with E-state index in [1.54, 1.807) is 7.11 Å². The number of aryl methyl sites for hydroxylation is 1. The molecule has 0 radical (unpaired) electrons. The Hall–Kier alpha value is -1.49. The van der Waals surface area contributed by atoms with E-state index >= 15 is 0 Å². The topological polar surface area (TPSA) is 33.0 Å². The summed E-state index contributed by atoms with van der Waals surface area (Å²) < 4.78 is 5.05. The standard InChI is InChI=1S/C11H13NO/c1-3-4-9-5-6-11(13-2)10(7-9)8-12/h5-7H,3-4H2,1-2H3. The number of methoxy groups -OCH3 is 1. The first-order valence-electron chi connectivity index (χ1n) is 4.38. The van der Waals surface area contributed by atoms with Crippen LogP contribution >= 0.6 is 0 Å². The van der Waals surface area contributed by atoms with Crippen LogP contribution in [-0.2, 0) is 6.42 Å². The first-order valence-corrected chi connectivity index (χ1v) is 4.38. The Morgan fingerprint density at radius 2 is 2.23 bits per heavy atom. The lowest BCUT2D eigenvalue weighted by Gasteiger charge is -2.04. The second-order valence-corrected chi connectivity index (χ2v) is 2.90. The van der Waals surface area contributed by atoms with Crippen LogP contribution in [0.5, 0.6) is 5.75 Å². The third-order valence-corrected chi connectivity index (χ3v) is 1.92. The molecule has 0 aliphatic heterocycles. The molecule has 0 heterocycles. The van der Waals surface area contributed by atoms with Crippen LogP contribution in [0.1, 0.15) is 24.5 Å². The fourth-order valence-electron chi connectivity index (χ4n) is 1.29. The summed E-state index contributed by atoms with van der Waals surface area (Å²) in [7, 11) is 1.58. The molecule has 13 heavy (non-hydrogen) atoms. The molecule has 0 bridgehead atoms. The Kier molecular flexibility index (Phi) is 3.33. The van der Waals surface area contributed by atoms with Crippen molar-refractivity contribution in [3.8, 4) is 11.8 Å². The number of ether oxygens (including phenoxy) is 1. The molecular weight excluding hydrogens is 162 g/mol. The maximum absolute atomic E-state index is 8.81. The van der Waals surface area contributed by atoms with Gasteiger partial charge in [-0.15, -0.1) is 0 Å². The van der Waals surface area contributed by atoms with Crippen LogP contribution < -0.4 is 4.74 Å². The van der Waals surface area contributed by atoms with E-state index in [0.29, 0.717) is 11.3 Å². The van der Waals surface area contributed by atoms with Crippen LogP contribution in [0.4, 0.5) is 0 Å². The van der Waals surface area contributed by atoms with Gasteiger partial charge in [-0.3, -0.25) is 0 Å². The van der Waals surface area contributed by atoms with Gasteiger partial charge in [-0.2, -0.15) is 5.26 Å². The molecule has 0 saturated carbocycles. The maximum Gasteiger partial charge on any atom is 0.136 e. The van der Waals surface area contributed by atoms with E-state index in [0.717, 1.165) is 12.8 Å². The molecule has 68 valence electrons. The van der Waals surface area contributed by atoms with Gasteiger partial charge < -0.3 is 4.74 Å². The predicted octanol–water partition coefficient (Wildman–Crippen LogP) is 2.52. The fourth-order valence-corrected chi connectivity index (χ4v) is 1.29. The van der Waals surface area contributed by atoms with Crippen molar-refractivity contribution in [2.45, 2.75) is 19.8 Å². The smallest absolute Gasteiger partial charge is 0.136 e. The minimum atomic E-state index is 0.619. The number of hydrogen-bond acceptors (Lipinski definition) is 2. The number of nitriles is 1. The molecule has 1 rings (SSSR count). The van der Waals surface area contributed by atoms with Gasteiger partial charge >= 0.3 is 0 Å². The summed E-state index contributed by atoms with van der Waals surface area (Å²) in [5.74, 6) is 0.655. The van der Waals surface area contributed by atoms with Crippen molar-refractivity contribution in [3.05, 3.63) is 29.3 Å². The quantitative estimate of drug-likeness (QED) is 0.707. The van der Waals surface area contributed by atoms with E-state index in [4.69, 9.17) is 10.00 Å². The van der Waals surface area contributed by atoms with Crippen molar-refractivity contribution < 1.29 is 4.74 Å². The SMILES string of the molecule is CCCc1ccc(OC)c(C#N)c1. The summed E-state index contributed by atoms with van der Waals surface area (Å²) in [6.07, 6.45) is 2.11. The van der Waals surface area contributed by atoms with Crippen LogP contribution in [0.2, 0.25) is 0 Å². The van der Waals surface area contributed by atoms with Crippen molar-refractivity contribution in [2.24, 2.45) is 0 Å². The zero-order chi connectivity index (χ0) is 9.68. The summed E-state index contributed by atoms with van der Waals surface area (Å²) in [6.45, 7) is 2.12. The molecule has 0 aromatic heterocycles. The molecule has 0 aliphatic carbocycles. The number of hydrogen-bond donors (Lipinski definition) is 0. The highest BCUT2D eigenvalue weighted by Gasteiger charge is 2.02. The monoisotopic (exact) mass is 175 g/mol. The molecule has 0 unspecified atom stereocenters. The van der Waals surface area contributed by atoms with E-state index < -0.39 is 0 Å². The summed E-state index contributed by atoms with van der Waals surface area (Å²) in [5.41, 5.74) is 1.81. The maximum atomic E-state index is 8.81. The normalized spacial score (nSPS) is 9.31. The Balaban J connectivity index is 3.00. The second-order valence-electron chi connectivity index (χ2n) is 2.90.